The molecule has 0 aliphatic carbocycles. The van der Waals surface area contributed by atoms with Crippen LogP contribution in [0.4, 0.5) is 0 Å². The molecule has 0 aromatic heterocycles. The molecule has 0 aromatic rings. The zero-order valence-electron chi connectivity index (χ0n) is 13.4. The average Bonchev–Trinajstić information content (AvgIpc) is 2.46. The first-order valence-corrected chi connectivity index (χ1v) is 8.79. The molecule has 1 aliphatic rings. The van der Waals surface area contributed by atoms with Crippen LogP contribution >= 0.6 is 11.8 Å². The number of rotatable bonds is 7. The molecule has 0 aromatic carbocycles. The zero-order valence-corrected chi connectivity index (χ0v) is 14.2. The molecule has 0 spiro atoms. The van der Waals surface area contributed by atoms with Gasteiger partial charge in [0.2, 0.25) is 11.8 Å². The lowest BCUT2D eigenvalue weighted by Gasteiger charge is -2.50. The SMILES string of the molecule is CCSCCN1C(=O)C(CC)(CC)NC(=O)C1(C)CC. The van der Waals surface area contributed by atoms with Crippen LogP contribution in [0.25, 0.3) is 0 Å². The molecule has 1 unspecified atom stereocenters. The van der Waals surface area contributed by atoms with Gasteiger partial charge in [-0.1, -0.05) is 27.7 Å². The minimum Gasteiger partial charge on any atom is -0.340 e. The van der Waals surface area contributed by atoms with Gasteiger partial charge < -0.3 is 10.2 Å². The number of carbonyl (C=O) groups excluding carboxylic acids is 2. The van der Waals surface area contributed by atoms with Crippen molar-refractivity contribution in [2.24, 2.45) is 0 Å². The number of amides is 2. The Balaban J connectivity index is 3.08. The van der Waals surface area contributed by atoms with Crippen molar-refractivity contribution in [2.45, 2.75) is 65.0 Å². The van der Waals surface area contributed by atoms with E-state index in [-0.39, 0.29) is 11.8 Å². The van der Waals surface area contributed by atoms with Crippen LogP contribution < -0.4 is 5.32 Å². The Morgan fingerprint density at radius 2 is 1.70 bits per heavy atom. The van der Waals surface area contributed by atoms with Crippen LogP contribution in [0.2, 0.25) is 0 Å². The summed E-state index contributed by atoms with van der Waals surface area (Å²) >= 11 is 1.81. The van der Waals surface area contributed by atoms with Crippen LogP contribution in [0.1, 0.15) is 53.9 Å². The molecule has 1 rings (SSSR count). The average molecular weight is 300 g/mol. The molecule has 1 N–H and O–H groups in total. The fraction of sp³-hybridized carbons (Fsp3) is 0.867. The lowest BCUT2D eigenvalue weighted by atomic mass is 9.81. The van der Waals surface area contributed by atoms with Gasteiger partial charge in [0.15, 0.2) is 0 Å². The van der Waals surface area contributed by atoms with E-state index in [1.807, 2.05) is 32.6 Å². The highest BCUT2D eigenvalue weighted by Crippen LogP contribution is 2.32. The number of nitrogens with one attached hydrogen (secondary N) is 1. The van der Waals surface area contributed by atoms with Crippen molar-refractivity contribution < 1.29 is 9.59 Å². The van der Waals surface area contributed by atoms with Crippen LogP contribution in [-0.4, -0.2) is 45.8 Å². The summed E-state index contributed by atoms with van der Waals surface area (Å²) < 4.78 is 0. The van der Waals surface area contributed by atoms with E-state index in [1.165, 1.54) is 0 Å². The summed E-state index contributed by atoms with van der Waals surface area (Å²) in [6, 6.07) is 0. The molecule has 4 nitrogen and oxygen atoms in total. The molecule has 1 atom stereocenters. The highest BCUT2D eigenvalue weighted by Gasteiger charge is 2.53. The number of piperazine rings is 1. The first kappa shape index (κ1) is 17.3. The normalized spacial score (nSPS) is 25.8. The van der Waals surface area contributed by atoms with E-state index < -0.39 is 11.1 Å². The van der Waals surface area contributed by atoms with Crippen molar-refractivity contribution in [2.75, 3.05) is 18.1 Å². The maximum absolute atomic E-state index is 12.9. The van der Waals surface area contributed by atoms with Crippen molar-refractivity contribution in [1.82, 2.24) is 10.2 Å². The van der Waals surface area contributed by atoms with Gasteiger partial charge in [-0.2, -0.15) is 11.8 Å². The topological polar surface area (TPSA) is 49.4 Å². The molecule has 1 saturated heterocycles. The number of hydrogen-bond donors (Lipinski definition) is 1. The van der Waals surface area contributed by atoms with E-state index in [2.05, 4.69) is 12.2 Å². The Morgan fingerprint density at radius 1 is 1.10 bits per heavy atom. The van der Waals surface area contributed by atoms with Gasteiger partial charge in [0.25, 0.3) is 0 Å². The second-order valence-corrected chi connectivity index (χ2v) is 6.92. The predicted octanol–water partition coefficient (Wildman–Crippen LogP) is 2.43. The molecule has 0 radical (unpaired) electrons. The Kier molecular flexibility index (Phi) is 5.92. The Bertz CT molecular complexity index is 369. The molecule has 1 fully saturated rings. The summed E-state index contributed by atoms with van der Waals surface area (Å²) in [7, 11) is 0. The van der Waals surface area contributed by atoms with Crippen molar-refractivity contribution in [3.63, 3.8) is 0 Å². The van der Waals surface area contributed by atoms with Crippen molar-refractivity contribution in [3.8, 4) is 0 Å². The van der Waals surface area contributed by atoms with E-state index >= 15 is 0 Å². The van der Waals surface area contributed by atoms with Crippen LogP contribution in [0, 0.1) is 0 Å². The fourth-order valence-corrected chi connectivity index (χ4v) is 3.34. The third-order valence-corrected chi connectivity index (χ3v) is 5.53. The maximum Gasteiger partial charge on any atom is 0.249 e. The minimum absolute atomic E-state index is 0.00945. The van der Waals surface area contributed by atoms with Crippen LogP contribution in [0.5, 0.6) is 0 Å². The van der Waals surface area contributed by atoms with Gasteiger partial charge in [0.05, 0.1) is 0 Å². The van der Waals surface area contributed by atoms with E-state index in [9.17, 15) is 9.59 Å². The van der Waals surface area contributed by atoms with E-state index in [1.54, 1.807) is 11.8 Å². The van der Waals surface area contributed by atoms with Crippen molar-refractivity contribution in [3.05, 3.63) is 0 Å². The fourth-order valence-electron chi connectivity index (χ4n) is 2.74. The minimum atomic E-state index is -0.709. The summed E-state index contributed by atoms with van der Waals surface area (Å²) in [6.07, 6.45) is 1.93. The van der Waals surface area contributed by atoms with Crippen LogP contribution in [0.3, 0.4) is 0 Å². The van der Waals surface area contributed by atoms with E-state index in [0.29, 0.717) is 25.8 Å². The number of thioether (sulfide) groups is 1. The maximum atomic E-state index is 12.9. The Labute approximate surface area is 127 Å². The summed E-state index contributed by atoms with van der Waals surface area (Å²) in [5.41, 5.74) is -1.41. The predicted molar refractivity (Wildman–Crippen MR) is 84.9 cm³/mol. The van der Waals surface area contributed by atoms with Gasteiger partial charge in [0.1, 0.15) is 11.1 Å². The van der Waals surface area contributed by atoms with Crippen LogP contribution in [0.15, 0.2) is 0 Å². The molecule has 5 heteroatoms. The molecule has 1 aliphatic heterocycles. The Hall–Kier alpha value is -0.710. The van der Waals surface area contributed by atoms with Gasteiger partial charge in [-0.25, -0.2) is 0 Å². The van der Waals surface area contributed by atoms with Gasteiger partial charge in [-0.3, -0.25) is 9.59 Å². The number of hydrogen-bond acceptors (Lipinski definition) is 3. The molecule has 0 bridgehead atoms. The molecular formula is C15H28N2O2S. The van der Waals surface area contributed by atoms with Gasteiger partial charge in [-0.15, -0.1) is 0 Å². The largest absolute Gasteiger partial charge is 0.340 e. The summed E-state index contributed by atoms with van der Waals surface area (Å²) in [6.45, 7) is 10.5. The summed E-state index contributed by atoms with van der Waals surface area (Å²) in [5, 5.41) is 3.00. The molecule has 2 amide bonds. The van der Waals surface area contributed by atoms with Crippen molar-refractivity contribution >= 4 is 23.6 Å². The summed E-state index contributed by atoms with van der Waals surface area (Å²) in [4.78, 5) is 27.3. The monoisotopic (exact) mass is 300 g/mol. The van der Waals surface area contributed by atoms with Gasteiger partial charge in [-0.05, 0) is 31.9 Å². The third kappa shape index (κ3) is 2.83. The number of carbonyl (C=O) groups is 2. The molecule has 20 heavy (non-hydrogen) atoms. The highest BCUT2D eigenvalue weighted by atomic mass is 32.2. The van der Waals surface area contributed by atoms with Crippen LogP contribution in [-0.2, 0) is 9.59 Å². The smallest absolute Gasteiger partial charge is 0.249 e. The van der Waals surface area contributed by atoms with E-state index in [4.69, 9.17) is 0 Å². The molecule has 0 saturated carbocycles. The second kappa shape index (κ2) is 6.83. The summed E-state index contributed by atoms with van der Waals surface area (Å²) in [5.74, 6) is 1.99. The quantitative estimate of drug-likeness (QED) is 0.735. The second-order valence-electron chi connectivity index (χ2n) is 5.52. The van der Waals surface area contributed by atoms with Crippen molar-refractivity contribution in [1.29, 1.82) is 0 Å². The third-order valence-electron chi connectivity index (χ3n) is 4.65. The first-order valence-electron chi connectivity index (χ1n) is 7.64. The van der Waals surface area contributed by atoms with Gasteiger partial charge >= 0.3 is 0 Å². The lowest BCUT2D eigenvalue weighted by molar-refractivity contribution is -0.162. The highest BCUT2D eigenvalue weighted by molar-refractivity contribution is 7.99. The number of nitrogens with zero attached hydrogens (tertiary/aromatic N) is 1. The zero-order chi connectivity index (χ0) is 15.4. The van der Waals surface area contributed by atoms with Gasteiger partial charge in [0, 0.05) is 12.3 Å². The molecule has 116 valence electrons. The first-order chi connectivity index (χ1) is 9.41. The lowest BCUT2D eigenvalue weighted by Crippen LogP contribution is -2.74. The standard InChI is InChI=1S/C15H28N2O2S/c1-6-14(5)12(18)16-15(7-2,8-3)13(19)17(14)10-11-20-9-4/h6-11H2,1-5H3,(H,16,18). The molecular weight excluding hydrogens is 272 g/mol. The van der Waals surface area contributed by atoms with E-state index in [0.717, 1.165) is 11.5 Å². The Morgan fingerprint density at radius 3 is 2.15 bits per heavy atom. The molecule has 1 heterocycles.